The molecule has 0 saturated carbocycles. The van der Waals surface area contributed by atoms with Crippen LogP contribution >= 0.6 is 0 Å². The van der Waals surface area contributed by atoms with Crippen LogP contribution in [-0.2, 0) is 0 Å². The van der Waals surface area contributed by atoms with E-state index in [1.54, 1.807) is 13.3 Å². The van der Waals surface area contributed by atoms with Gasteiger partial charge < -0.3 is 9.72 Å². The summed E-state index contributed by atoms with van der Waals surface area (Å²) in [6, 6.07) is 7.43. The molecule has 0 aliphatic carbocycles. The fourth-order valence-electron chi connectivity index (χ4n) is 1.26. The quantitative estimate of drug-likeness (QED) is 0.801. The number of ether oxygens (including phenoxy) is 1. The van der Waals surface area contributed by atoms with Crippen LogP contribution in [0.3, 0.4) is 0 Å². The van der Waals surface area contributed by atoms with Gasteiger partial charge in [-0.2, -0.15) is 0 Å². The highest BCUT2D eigenvalue weighted by Gasteiger charge is 1.99. The van der Waals surface area contributed by atoms with E-state index >= 15 is 0 Å². The van der Waals surface area contributed by atoms with Crippen LogP contribution in [0.2, 0.25) is 0 Å². The number of benzene rings is 1. The third kappa shape index (κ3) is 2.25. The lowest BCUT2D eigenvalue weighted by Crippen LogP contribution is -1.81. The Morgan fingerprint density at radius 3 is 2.75 bits per heavy atom. The average Bonchev–Trinajstić information content (AvgIpc) is 2.73. The summed E-state index contributed by atoms with van der Waals surface area (Å²) in [6.45, 7) is 1.91. The first-order valence-electron chi connectivity index (χ1n) is 4.86. The van der Waals surface area contributed by atoms with Crippen LogP contribution in [0.1, 0.15) is 5.69 Å². The molecule has 2 aromatic rings. The van der Waals surface area contributed by atoms with Crippen LogP contribution in [0.25, 0.3) is 0 Å². The number of azo groups is 1. The lowest BCUT2D eigenvalue weighted by molar-refractivity contribution is 0.416. The number of hydrogen-bond donors (Lipinski definition) is 1. The van der Waals surface area contributed by atoms with Gasteiger partial charge in [0.05, 0.1) is 7.11 Å². The molecule has 0 radical (unpaired) electrons. The van der Waals surface area contributed by atoms with E-state index in [1.165, 1.54) is 0 Å². The molecule has 0 bridgehead atoms. The minimum atomic E-state index is 0.489. The smallest absolute Gasteiger partial charge is 0.246 e. The Morgan fingerprint density at radius 1 is 1.25 bits per heavy atom. The molecule has 0 saturated heterocycles. The van der Waals surface area contributed by atoms with Gasteiger partial charge in [-0.05, 0) is 19.1 Å². The minimum absolute atomic E-state index is 0.489. The highest BCUT2D eigenvalue weighted by atomic mass is 16.5. The highest BCUT2D eigenvalue weighted by Crippen LogP contribution is 2.27. The molecule has 0 atom stereocenters. The molecule has 0 aliphatic heterocycles. The average molecular weight is 216 g/mol. The normalized spacial score (nSPS) is 10.9. The lowest BCUT2D eigenvalue weighted by atomic mass is 10.3. The molecule has 0 aliphatic rings. The summed E-state index contributed by atoms with van der Waals surface area (Å²) in [5, 5.41) is 8.05. The number of aromatic nitrogens is 2. The molecule has 1 N–H and O–H groups in total. The second kappa shape index (κ2) is 4.57. The van der Waals surface area contributed by atoms with Crippen LogP contribution in [0.4, 0.5) is 11.6 Å². The Bertz CT molecular complexity index is 504. The van der Waals surface area contributed by atoms with Gasteiger partial charge in [0, 0.05) is 11.9 Å². The second-order valence-corrected chi connectivity index (χ2v) is 3.26. The van der Waals surface area contributed by atoms with Crippen molar-refractivity contribution in [1.29, 1.82) is 0 Å². The van der Waals surface area contributed by atoms with E-state index in [0.717, 1.165) is 5.69 Å². The van der Waals surface area contributed by atoms with Crippen LogP contribution in [0, 0.1) is 6.92 Å². The summed E-state index contributed by atoms with van der Waals surface area (Å²) >= 11 is 0. The molecule has 82 valence electrons. The number of imidazole rings is 1. The van der Waals surface area contributed by atoms with Crippen molar-refractivity contribution in [2.75, 3.05) is 7.11 Å². The fourth-order valence-corrected chi connectivity index (χ4v) is 1.26. The van der Waals surface area contributed by atoms with E-state index in [1.807, 2.05) is 31.2 Å². The molecule has 1 aromatic carbocycles. The van der Waals surface area contributed by atoms with Gasteiger partial charge in [0.1, 0.15) is 11.4 Å². The lowest BCUT2D eigenvalue weighted by Gasteiger charge is -2.00. The highest BCUT2D eigenvalue weighted by molar-refractivity contribution is 5.50. The van der Waals surface area contributed by atoms with E-state index in [2.05, 4.69) is 20.2 Å². The van der Waals surface area contributed by atoms with Gasteiger partial charge in [0.15, 0.2) is 0 Å². The standard InChI is InChI=1S/C11H12N4O/c1-8-7-12-11(13-8)15-14-9-5-3-4-6-10(9)16-2/h3-7H,1-2H3,(H,12,13). The second-order valence-electron chi connectivity index (χ2n) is 3.26. The molecular weight excluding hydrogens is 204 g/mol. The van der Waals surface area contributed by atoms with Crippen LogP contribution in [0.15, 0.2) is 40.7 Å². The fraction of sp³-hybridized carbons (Fsp3) is 0.182. The monoisotopic (exact) mass is 216 g/mol. The van der Waals surface area contributed by atoms with Gasteiger partial charge >= 0.3 is 0 Å². The van der Waals surface area contributed by atoms with Crippen molar-refractivity contribution >= 4 is 11.6 Å². The van der Waals surface area contributed by atoms with Gasteiger partial charge in [-0.3, -0.25) is 0 Å². The van der Waals surface area contributed by atoms with E-state index < -0.39 is 0 Å². The van der Waals surface area contributed by atoms with E-state index in [4.69, 9.17) is 4.74 Å². The number of aromatic amines is 1. The predicted octanol–water partition coefficient (Wildman–Crippen LogP) is 3.14. The number of rotatable bonds is 3. The summed E-state index contributed by atoms with van der Waals surface area (Å²) in [5.41, 5.74) is 1.63. The Hall–Kier alpha value is -2.17. The molecular formula is C11H12N4O. The van der Waals surface area contributed by atoms with Crippen molar-refractivity contribution in [3.05, 3.63) is 36.2 Å². The first-order valence-corrected chi connectivity index (χ1v) is 4.86. The van der Waals surface area contributed by atoms with Gasteiger partial charge in [-0.15, -0.1) is 10.2 Å². The summed E-state index contributed by atoms with van der Waals surface area (Å²) in [7, 11) is 1.60. The van der Waals surface area contributed by atoms with Crippen molar-refractivity contribution in [2.45, 2.75) is 6.92 Å². The molecule has 0 amide bonds. The van der Waals surface area contributed by atoms with Crippen LogP contribution in [0.5, 0.6) is 5.75 Å². The molecule has 0 spiro atoms. The van der Waals surface area contributed by atoms with Crippen molar-refractivity contribution < 1.29 is 4.74 Å². The first-order chi connectivity index (χ1) is 7.79. The van der Waals surface area contributed by atoms with Gasteiger partial charge in [-0.1, -0.05) is 12.1 Å². The molecule has 1 heterocycles. The van der Waals surface area contributed by atoms with Crippen molar-refractivity contribution in [3.8, 4) is 5.75 Å². The maximum Gasteiger partial charge on any atom is 0.246 e. The maximum atomic E-state index is 5.15. The minimum Gasteiger partial charge on any atom is -0.494 e. The molecule has 0 unspecified atom stereocenters. The first kappa shape index (κ1) is 10.4. The van der Waals surface area contributed by atoms with Gasteiger partial charge in [-0.25, -0.2) is 4.98 Å². The summed E-state index contributed by atoms with van der Waals surface area (Å²) < 4.78 is 5.15. The molecule has 16 heavy (non-hydrogen) atoms. The molecule has 0 fully saturated rings. The van der Waals surface area contributed by atoms with E-state index in [-0.39, 0.29) is 0 Å². The molecule has 5 heteroatoms. The third-order valence-corrected chi connectivity index (χ3v) is 2.03. The number of nitrogens with zero attached hydrogens (tertiary/aromatic N) is 3. The largest absolute Gasteiger partial charge is 0.494 e. The Labute approximate surface area is 93.2 Å². The molecule has 5 nitrogen and oxygen atoms in total. The molecule has 1 aromatic heterocycles. The molecule has 2 rings (SSSR count). The SMILES string of the molecule is COc1ccccc1N=Nc1ncc(C)[nH]1. The number of aryl methyl sites for hydroxylation is 1. The summed E-state index contributed by atoms with van der Waals surface area (Å²) in [5.74, 6) is 1.18. The summed E-state index contributed by atoms with van der Waals surface area (Å²) in [4.78, 5) is 7.00. The Morgan fingerprint density at radius 2 is 2.06 bits per heavy atom. The summed E-state index contributed by atoms with van der Waals surface area (Å²) in [6.07, 6.45) is 1.70. The Kier molecular flexibility index (Phi) is 2.95. The van der Waals surface area contributed by atoms with Crippen molar-refractivity contribution in [1.82, 2.24) is 9.97 Å². The van der Waals surface area contributed by atoms with Gasteiger partial charge in [0.2, 0.25) is 5.95 Å². The topological polar surface area (TPSA) is 62.6 Å². The van der Waals surface area contributed by atoms with Gasteiger partial charge in [0.25, 0.3) is 0 Å². The number of H-pyrrole nitrogens is 1. The third-order valence-electron chi connectivity index (χ3n) is 2.03. The zero-order chi connectivity index (χ0) is 11.4. The zero-order valence-corrected chi connectivity index (χ0v) is 9.14. The van der Waals surface area contributed by atoms with Crippen molar-refractivity contribution in [2.24, 2.45) is 10.2 Å². The number of nitrogens with one attached hydrogen (secondary N) is 1. The van der Waals surface area contributed by atoms with E-state index in [0.29, 0.717) is 17.4 Å². The predicted molar refractivity (Wildman–Crippen MR) is 60.5 cm³/mol. The van der Waals surface area contributed by atoms with Crippen LogP contribution in [-0.4, -0.2) is 17.1 Å². The Balaban J connectivity index is 2.23. The zero-order valence-electron chi connectivity index (χ0n) is 9.14. The number of para-hydroxylation sites is 1. The van der Waals surface area contributed by atoms with E-state index in [9.17, 15) is 0 Å². The van der Waals surface area contributed by atoms with Crippen LogP contribution < -0.4 is 4.74 Å². The number of hydrogen-bond acceptors (Lipinski definition) is 4. The number of methoxy groups -OCH3 is 1. The van der Waals surface area contributed by atoms with Crippen molar-refractivity contribution in [3.63, 3.8) is 0 Å². The maximum absolute atomic E-state index is 5.15.